The fourth-order valence-electron chi connectivity index (χ4n) is 7.48. The van der Waals surface area contributed by atoms with Gasteiger partial charge in [-0.2, -0.15) is 0 Å². The minimum Gasteiger partial charge on any atom is -0.479 e. The third-order valence-electron chi connectivity index (χ3n) is 11.0. The Bertz CT molecular complexity index is 1890. The van der Waals surface area contributed by atoms with Crippen molar-refractivity contribution in [1.82, 2.24) is 10.6 Å². The van der Waals surface area contributed by atoms with E-state index >= 15 is 0 Å². The molecule has 0 radical (unpaired) electrons. The highest BCUT2D eigenvalue weighted by molar-refractivity contribution is 7.47. The van der Waals surface area contributed by atoms with Crippen LogP contribution in [0.1, 0.15) is 67.2 Å². The van der Waals surface area contributed by atoms with E-state index in [9.17, 15) is 59.0 Å². The van der Waals surface area contributed by atoms with E-state index in [2.05, 4.69) is 22.8 Å². The zero-order valence-corrected chi connectivity index (χ0v) is 40.1. The molecule has 0 saturated carbocycles. The van der Waals surface area contributed by atoms with E-state index in [1.54, 1.807) is 6.08 Å². The predicted molar refractivity (Wildman–Crippen MR) is 236 cm³/mol. The van der Waals surface area contributed by atoms with Crippen LogP contribution in [-0.4, -0.2) is 185 Å². The molecule has 0 aliphatic carbocycles. The second-order valence-corrected chi connectivity index (χ2v) is 18.4. The van der Waals surface area contributed by atoms with Crippen molar-refractivity contribution < 1.29 is 101 Å². The molecule has 69 heavy (non-hydrogen) atoms. The molecule has 0 aromatic carbocycles. The first-order valence-corrected chi connectivity index (χ1v) is 23.4. The number of nitrogens with one attached hydrogen (secondary N) is 2. The van der Waals surface area contributed by atoms with Crippen LogP contribution in [0.25, 0.3) is 0 Å². The number of amides is 4. The van der Waals surface area contributed by atoms with Crippen LogP contribution in [0.15, 0.2) is 34.9 Å². The second kappa shape index (κ2) is 27.6. The van der Waals surface area contributed by atoms with Gasteiger partial charge in [0.15, 0.2) is 43.3 Å². The number of hydrogen-bond acceptors (Lipinski definition) is 21. The summed E-state index contributed by atoms with van der Waals surface area (Å²) in [5.41, 5.74) is 26.8. The zero-order chi connectivity index (χ0) is 51.9. The number of carboxylic acids is 1. The number of aliphatic carboxylic acids is 1. The summed E-state index contributed by atoms with van der Waals surface area (Å²) in [6.45, 7) is 7.08. The molecule has 0 aromatic heterocycles. The highest BCUT2D eigenvalue weighted by Crippen LogP contribution is 2.47. The number of carbonyl (C=O) groups is 5. The first-order chi connectivity index (χ1) is 32.3. The van der Waals surface area contributed by atoms with Crippen molar-refractivity contribution in [2.75, 3.05) is 26.4 Å². The van der Waals surface area contributed by atoms with Crippen LogP contribution in [0.3, 0.4) is 0 Å². The van der Waals surface area contributed by atoms with Gasteiger partial charge in [0, 0.05) is 13.8 Å². The Morgan fingerprint density at radius 2 is 1.26 bits per heavy atom. The van der Waals surface area contributed by atoms with Gasteiger partial charge in [0.1, 0.15) is 24.4 Å². The van der Waals surface area contributed by atoms with Crippen LogP contribution in [0.4, 0.5) is 4.79 Å². The molecule has 27 nitrogen and oxygen atoms in total. The maximum absolute atomic E-state index is 13.5. The number of rotatable bonds is 25. The molecule has 28 heteroatoms. The van der Waals surface area contributed by atoms with E-state index in [1.807, 2.05) is 27.7 Å². The van der Waals surface area contributed by atoms with Crippen molar-refractivity contribution >= 4 is 37.6 Å². The smallest absolute Gasteiger partial charge is 0.474 e. The number of phosphoric acid groups is 1. The highest BCUT2D eigenvalue weighted by Gasteiger charge is 2.57. The average Bonchev–Trinajstić information content (AvgIpc) is 3.24. The molecule has 3 rings (SSSR count). The zero-order valence-electron chi connectivity index (χ0n) is 39.2. The number of phosphoric ester groups is 1. The first kappa shape index (κ1) is 59.3. The summed E-state index contributed by atoms with van der Waals surface area (Å²) in [5, 5.41) is 56.9. The summed E-state index contributed by atoms with van der Waals surface area (Å²) in [6, 6.07) is -5.68. The third kappa shape index (κ3) is 18.0. The third-order valence-corrected chi connectivity index (χ3v) is 12.0. The molecule has 3 aliphatic rings. The van der Waals surface area contributed by atoms with Gasteiger partial charge in [0.25, 0.3) is 0 Å². The van der Waals surface area contributed by atoms with Crippen LogP contribution in [0, 0.1) is 0 Å². The van der Waals surface area contributed by atoms with Crippen LogP contribution < -0.4 is 33.6 Å². The first-order valence-electron chi connectivity index (χ1n) is 21.9. The van der Waals surface area contributed by atoms with Crippen LogP contribution in [0.5, 0.6) is 0 Å². The summed E-state index contributed by atoms with van der Waals surface area (Å²) in [7, 11) is -5.57. The lowest BCUT2D eigenvalue weighted by Gasteiger charge is -2.50. The minimum atomic E-state index is -5.57. The molecule has 0 bridgehead atoms. The van der Waals surface area contributed by atoms with Gasteiger partial charge in [-0.15, -0.1) is 0 Å². The van der Waals surface area contributed by atoms with Crippen molar-refractivity contribution in [3.63, 3.8) is 0 Å². The number of ether oxygens (including phenoxy) is 7. The molecule has 0 spiro atoms. The molecule has 8 unspecified atom stereocenters. The normalized spacial score (nSPS) is 33.3. The van der Waals surface area contributed by atoms with E-state index in [0.717, 1.165) is 38.7 Å². The maximum Gasteiger partial charge on any atom is 0.474 e. The minimum absolute atomic E-state index is 0.235. The van der Waals surface area contributed by atoms with Crippen molar-refractivity contribution in [2.24, 2.45) is 22.9 Å². The molecular weight excluding hydrogens is 943 g/mol. The van der Waals surface area contributed by atoms with E-state index in [4.69, 9.17) is 65.1 Å². The van der Waals surface area contributed by atoms with Gasteiger partial charge >= 0.3 is 19.9 Å². The molecule has 16 N–H and O–H groups in total. The molecule has 17 atom stereocenters. The lowest BCUT2D eigenvalue weighted by Crippen LogP contribution is -2.73. The standard InChI is InChI=1S/C41H69N6O21P/c1-18(2)9-7-10-19(3)11-8-12-20(4)13-14-60-25(37(55)56)17-61-69(58,59)68-40-35(33(67-41(45)57)31(53)34(65-40)36(44)54)66-39-29(47-22(6)51)27(43)32(24(16-49)63-39)64-38-28(46-21(5)50)26(42)30(52)23(15-48)62-38/h9,11,13,23-35,38-40,48-49,52-53H,7-8,10,12,14-17,42-43H2,1-6H3,(H2,44,54)(H2,45,57)(H,46,50)(H,47,51)(H,55,56)(H,58,59)/t23?,24?,25-,26-,27-,28?,29?,30-,31?,32-,33+,34?,35+,38+,39+,40?/m1/s1. The van der Waals surface area contributed by atoms with Crippen LogP contribution in [0.2, 0.25) is 0 Å². The van der Waals surface area contributed by atoms with E-state index in [-0.39, 0.29) is 6.61 Å². The summed E-state index contributed by atoms with van der Waals surface area (Å²) in [4.78, 5) is 72.4. The summed E-state index contributed by atoms with van der Waals surface area (Å²) >= 11 is 0. The van der Waals surface area contributed by atoms with Gasteiger partial charge in [-0.1, -0.05) is 34.9 Å². The highest BCUT2D eigenvalue weighted by atomic mass is 31.2. The molecule has 3 heterocycles. The van der Waals surface area contributed by atoms with Gasteiger partial charge in [0.05, 0.1) is 56.7 Å². The fourth-order valence-corrected chi connectivity index (χ4v) is 8.30. The average molecular weight is 1010 g/mol. The number of nitrogens with two attached hydrogens (primary N) is 4. The van der Waals surface area contributed by atoms with Gasteiger partial charge in [-0.25, -0.2) is 14.2 Å². The quantitative estimate of drug-likeness (QED) is 0.0326. The van der Waals surface area contributed by atoms with E-state index < -0.39 is 155 Å². The number of carbonyl (C=O) groups excluding carboxylic acids is 4. The van der Waals surface area contributed by atoms with E-state index in [1.165, 1.54) is 11.1 Å². The number of primary amides is 2. The monoisotopic (exact) mass is 1010 g/mol. The number of allylic oxidation sites excluding steroid dienone is 5. The van der Waals surface area contributed by atoms with Gasteiger partial charge in [-0.05, 0) is 53.4 Å². The Kier molecular flexibility index (Phi) is 23.7. The van der Waals surface area contributed by atoms with Gasteiger partial charge < -0.3 is 97.2 Å². The van der Waals surface area contributed by atoms with Crippen molar-refractivity contribution in [1.29, 1.82) is 0 Å². The molecule has 4 amide bonds. The summed E-state index contributed by atoms with van der Waals surface area (Å²) < 4.78 is 63.4. The fraction of sp³-hybridized carbons (Fsp3) is 0.732. The molecule has 0 aromatic rings. The van der Waals surface area contributed by atoms with Crippen molar-refractivity contribution in [3.05, 3.63) is 34.9 Å². The van der Waals surface area contributed by atoms with Gasteiger partial charge in [-0.3, -0.25) is 23.4 Å². The molecular formula is C41H69N6O21P. The van der Waals surface area contributed by atoms with Crippen molar-refractivity contribution in [2.45, 2.75) is 165 Å². The Morgan fingerprint density at radius 1 is 0.725 bits per heavy atom. The molecule has 394 valence electrons. The topological polar surface area (TPSA) is 435 Å². The summed E-state index contributed by atoms with van der Waals surface area (Å²) in [6.07, 6.45) is -15.0. The SMILES string of the molecule is CC(=O)NC1[C@H](O[C@@H]2C(CO)O[C@@H](O[C@@H]3C(OP(=O)(O)OC[C@@H](OCC=C(C)CCC=C(C)CCC=C(C)C)C(=O)O)OC(C(N)=O)C(O)[C@@H]3OC(N)=O)C(NC(C)=O)[C@H]2N)OC(CO)[C@@H](O)[C@@H]1N. The molecule has 3 saturated heterocycles. The Morgan fingerprint density at radius 3 is 1.78 bits per heavy atom. The molecule has 3 aliphatic heterocycles. The number of aliphatic hydroxyl groups is 4. The van der Waals surface area contributed by atoms with Crippen LogP contribution >= 0.6 is 7.82 Å². The van der Waals surface area contributed by atoms with Gasteiger partial charge in [0.2, 0.25) is 17.7 Å². The lowest BCUT2D eigenvalue weighted by atomic mass is 9.92. The lowest BCUT2D eigenvalue weighted by molar-refractivity contribution is -0.344. The Labute approximate surface area is 398 Å². The van der Waals surface area contributed by atoms with E-state index in [0.29, 0.717) is 6.42 Å². The summed E-state index contributed by atoms with van der Waals surface area (Å²) in [5.74, 6) is -4.42. The molecule has 3 fully saturated rings. The predicted octanol–water partition coefficient (Wildman–Crippen LogP) is -2.73. The number of carboxylic acid groups (broad SMARTS) is 1. The van der Waals surface area contributed by atoms with Crippen molar-refractivity contribution in [3.8, 4) is 0 Å². The second-order valence-electron chi connectivity index (χ2n) is 17.0. The maximum atomic E-state index is 13.5. The number of aliphatic hydroxyl groups excluding tert-OH is 4. The number of hydrogen-bond donors (Lipinski definition) is 12. The van der Waals surface area contributed by atoms with Crippen LogP contribution in [-0.2, 0) is 65.9 Å². The largest absolute Gasteiger partial charge is 0.479 e. The Balaban J connectivity index is 1.89. The Hall–Kier alpha value is -4.00.